The minimum Gasteiger partial charge on any atom is -0.508 e. The highest BCUT2D eigenvalue weighted by molar-refractivity contribution is 6.15. The highest BCUT2D eigenvalue weighted by Gasteiger charge is 2.08. The van der Waals surface area contributed by atoms with Crippen LogP contribution in [0.1, 0.15) is 113 Å². The first-order valence-corrected chi connectivity index (χ1v) is 21.2. The molecule has 0 radical (unpaired) electrons. The maximum atomic E-state index is 8.80. The van der Waals surface area contributed by atoms with Crippen LogP contribution in [-0.4, -0.2) is 54.1 Å². The molecule has 4 aromatic carbocycles. The van der Waals surface area contributed by atoms with Gasteiger partial charge < -0.3 is 33.5 Å². The molecule has 320 valence electrons. The molecule has 0 saturated heterocycles. The summed E-state index contributed by atoms with van der Waals surface area (Å²) in [6.45, 7) is 6.23. The van der Waals surface area contributed by atoms with Gasteiger partial charge in [0, 0.05) is 6.38 Å². The zero-order valence-corrected chi connectivity index (χ0v) is 37.7. The number of hydrogen-bond acceptors (Lipinski definition) is 7. The number of phenols is 1. The summed E-state index contributed by atoms with van der Waals surface area (Å²) >= 11 is 4.64. The van der Waals surface area contributed by atoms with Crippen molar-refractivity contribution in [1.29, 1.82) is 0 Å². The molecule has 7 nitrogen and oxygen atoms in total. The maximum Gasteiger partial charge on any atom is 0.203 e. The fourth-order valence-corrected chi connectivity index (χ4v) is 3.65. The third-order valence-corrected chi connectivity index (χ3v) is 7.21. The topological polar surface area (TPSA) is 75.6 Å². The second kappa shape index (κ2) is 36.1. The highest BCUT2D eigenvalue weighted by Crippen LogP contribution is 2.36. The van der Waals surface area contributed by atoms with Crippen molar-refractivity contribution in [3.05, 3.63) is 102 Å². The van der Waals surface area contributed by atoms with Gasteiger partial charge in [0.1, 0.15) is 23.0 Å². The summed E-state index contributed by atoms with van der Waals surface area (Å²) < 4.78 is 30.3. The lowest BCUT2D eigenvalue weighted by molar-refractivity contribution is 0.324. The predicted octanol–water partition coefficient (Wildman–Crippen LogP) is 14.1. The first-order valence-electron chi connectivity index (χ1n) is 20.4. The maximum absolute atomic E-state index is 8.80. The van der Waals surface area contributed by atoms with Crippen molar-refractivity contribution in [3.8, 4) is 40.2 Å². The molecule has 0 amide bonds. The molecule has 5 aliphatic carbocycles. The molecular weight excluding hydrogens is 736 g/mol. The first kappa shape index (κ1) is 52.8. The van der Waals surface area contributed by atoms with Crippen LogP contribution in [0.25, 0.3) is 0 Å². The van der Waals surface area contributed by atoms with Crippen molar-refractivity contribution in [2.24, 2.45) is 0 Å². The van der Waals surface area contributed by atoms with Gasteiger partial charge in [0.15, 0.2) is 11.5 Å². The van der Waals surface area contributed by atoms with E-state index in [2.05, 4.69) is 44.5 Å². The summed E-state index contributed by atoms with van der Waals surface area (Å²) in [5.74, 6) is 4.92. The number of aromatic hydroxyl groups is 1. The van der Waals surface area contributed by atoms with E-state index in [1.165, 1.54) is 119 Å². The molecule has 0 heterocycles. The molecular formula is C49H75ClO7. The van der Waals surface area contributed by atoms with Gasteiger partial charge in [-0.25, -0.2) is 0 Å². The van der Waals surface area contributed by atoms with E-state index in [-0.39, 0.29) is 5.75 Å². The lowest BCUT2D eigenvalue weighted by Crippen LogP contribution is -1.93. The average Bonchev–Trinajstić information content (AvgIpc) is 4.04. The standard InChI is InChI=1S/C10H14O.C9H12O3.C7H8O2.C7H8O.5C3H6.CH3Cl/c1-7-5-8(2)10(11-4)9(3)6-7;1-10-7-5-4-6-8(11-2)9(7)12-3;1-9-7-4-2-6(8)3-5-7;1-8-7-5-3-2-4-6-7;5*1-2-3-1;1-2/h5-6H,1-4H3;4-6H,1-3H3;2-5,8H,1H3;2-6H,1H3;5*1-3H2;1H3. The number of aryl methyl sites for hydroxylation is 3. The lowest BCUT2D eigenvalue weighted by Gasteiger charge is -2.10. The zero-order chi connectivity index (χ0) is 42.5. The summed E-state index contributed by atoms with van der Waals surface area (Å²) in [6.07, 6.45) is 24.0. The van der Waals surface area contributed by atoms with Crippen molar-refractivity contribution >= 4 is 11.6 Å². The van der Waals surface area contributed by atoms with Gasteiger partial charge in [0.05, 0.1) is 42.7 Å². The summed E-state index contributed by atoms with van der Waals surface area (Å²) in [4.78, 5) is 0. The van der Waals surface area contributed by atoms with Crippen LogP contribution in [0.2, 0.25) is 0 Å². The molecule has 5 fully saturated rings. The van der Waals surface area contributed by atoms with E-state index in [4.69, 9.17) is 33.5 Å². The van der Waals surface area contributed by atoms with E-state index in [0.29, 0.717) is 17.2 Å². The average molecular weight is 812 g/mol. The third-order valence-electron chi connectivity index (χ3n) is 7.21. The highest BCUT2D eigenvalue weighted by atomic mass is 35.5. The molecule has 1 N–H and O–H groups in total. The molecule has 57 heavy (non-hydrogen) atoms. The fraction of sp³-hybridized carbons (Fsp3) is 0.510. The third kappa shape index (κ3) is 34.7. The van der Waals surface area contributed by atoms with E-state index in [1.807, 2.05) is 48.5 Å². The second-order valence-corrected chi connectivity index (χ2v) is 13.6. The van der Waals surface area contributed by atoms with Gasteiger partial charge in [-0.1, -0.05) is 138 Å². The number of para-hydroxylation sites is 2. The number of ether oxygens (including phenoxy) is 6. The van der Waals surface area contributed by atoms with Crippen LogP contribution in [0.3, 0.4) is 0 Å². The summed E-state index contributed by atoms with van der Waals surface area (Å²) in [5.41, 5.74) is 3.72. The van der Waals surface area contributed by atoms with Crippen molar-refractivity contribution in [2.75, 3.05) is 49.0 Å². The minimum atomic E-state index is 0.260. The Balaban J connectivity index is 0.000000645. The van der Waals surface area contributed by atoms with Gasteiger partial charge in [0.2, 0.25) is 5.75 Å². The summed E-state index contributed by atoms with van der Waals surface area (Å²) in [5, 5.41) is 8.80. The molecule has 5 aliphatic rings. The Morgan fingerprint density at radius 1 is 0.386 bits per heavy atom. The predicted molar refractivity (Wildman–Crippen MR) is 242 cm³/mol. The normalized spacial score (nSPS) is 12.9. The van der Waals surface area contributed by atoms with Crippen LogP contribution in [0.4, 0.5) is 0 Å². The molecule has 0 unspecified atom stereocenters. The summed E-state index contributed by atoms with van der Waals surface area (Å²) in [6, 6.07) is 26.0. The van der Waals surface area contributed by atoms with Crippen molar-refractivity contribution in [2.45, 2.75) is 117 Å². The Hall–Kier alpha value is -4.23. The molecule has 9 rings (SSSR count). The van der Waals surface area contributed by atoms with E-state index in [0.717, 1.165) is 17.2 Å². The van der Waals surface area contributed by atoms with Gasteiger partial charge in [-0.05, 0) is 80.4 Å². The van der Waals surface area contributed by atoms with Crippen LogP contribution in [0.15, 0.2) is 84.9 Å². The largest absolute Gasteiger partial charge is 0.508 e. The van der Waals surface area contributed by atoms with Crippen molar-refractivity contribution < 1.29 is 33.5 Å². The molecule has 0 atom stereocenters. The first-order chi connectivity index (χ1) is 27.7. The SMILES string of the molecule is C1CC1.C1CC1.C1CC1.C1CC1.C1CC1.CCl.COc1c(C)cc(C)cc1C.COc1ccc(O)cc1.COc1cccc(OC)c1OC.COc1ccccc1. The Kier molecular flexibility index (Phi) is 33.5. The van der Waals surface area contributed by atoms with Gasteiger partial charge >= 0.3 is 0 Å². The molecule has 0 aliphatic heterocycles. The molecule has 0 spiro atoms. The Morgan fingerprint density at radius 2 is 0.719 bits per heavy atom. The lowest BCUT2D eigenvalue weighted by atomic mass is 10.1. The molecule has 8 heteroatoms. The van der Waals surface area contributed by atoms with Gasteiger partial charge in [-0.2, -0.15) is 0 Å². The number of hydrogen-bond donors (Lipinski definition) is 1. The molecule has 0 bridgehead atoms. The fourth-order valence-electron chi connectivity index (χ4n) is 3.65. The van der Waals surface area contributed by atoms with Crippen LogP contribution in [0.5, 0.6) is 40.2 Å². The van der Waals surface area contributed by atoms with Crippen LogP contribution in [-0.2, 0) is 0 Å². The monoisotopic (exact) mass is 811 g/mol. The smallest absolute Gasteiger partial charge is 0.203 e. The van der Waals surface area contributed by atoms with Gasteiger partial charge in [-0.15, -0.1) is 11.6 Å². The minimum absolute atomic E-state index is 0.260. The van der Waals surface area contributed by atoms with E-state index < -0.39 is 0 Å². The molecule has 4 aromatic rings. The molecule has 5 saturated carbocycles. The zero-order valence-electron chi connectivity index (χ0n) is 37.0. The van der Waals surface area contributed by atoms with E-state index in [1.54, 1.807) is 66.9 Å². The number of phenolic OH excluding ortho intramolecular Hbond substituents is 1. The van der Waals surface area contributed by atoms with Crippen LogP contribution < -0.4 is 28.4 Å². The van der Waals surface area contributed by atoms with Crippen LogP contribution >= 0.6 is 11.6 Å². The number of alkyl halides is 1. The number of benzene rings is 4. The quantitative estimate of drug-likeness (QED) is 0.194. The van der Waals surface area contributed by atoms with Gasteiger partial charge in [-0.3, -0.25) is 0 Å². The Morgan fingerprint density at radius 3 is 0.982 bits per heavy atom. The van der Waals surface area contributed by atoms with Gasteiger partial charge in [0.25, 0.3) is 0 Å². The summed E-state index contributed by atoms with van der Waals surface area (Å²) in [7, 11) is 9.74. The Bertz CT molecular complexity index is 1390. The number of rotatable bonds is 6. The Labute approximate surface area is 352 Å². The van der Waals surface area contributed by atoms with Crippen LogP contribution in [0, 0.1) is 20.8 Å². The number of halogens is 1. The van der Waals surface area contributed by atoms with Crippen molar-refractivity contribution in [1.82, 2.24) is 0 Å². The van der Waals surface area contributed by atoms with E-state index >= 15 is 0 Å². The number of methoxy groups -OCH3 is 6. The van der Waals surface area contributed by atoms with Crippen molar-refractivity contribution in [3.63, 3.8) is 0 Å². The second-order valence-electron chi connectivity index (χ2n) is 13.6. The van der Waals surface area contributed by atoms with E-state index in [9.17, 15) is 0 Å². The molecule has 0 aromatic heterocycles.